The summed E-state index contributed by atoms with van der Waals surface area (Å²) in [5, 5.41) is 12.7. The summed E-state index contributed by atoms with van der Waals surface area (Å²) >= 11 is 0. The first-order valence-corrected chi connectivity index (χ1v) is 6.76. The molecule has 0 aliphatic carbocycles. The normalized spacial score (nSPS) is 21.8. The minimum Gasteiger partial charge on any atom is -0.483 e. The van der Waals surface area contributed by atoms with Crippen LogP contribution in [-0.2, 0) is 9.53 Å². The Kier molecular flexibility index (Phi) is 4.62. The van der Waals surface area contributed by atoms with E-state index < -0.39 is 5.60 Å². The molecule has 1 atom stereocenters. The zero-order valence-electron chi connectivity index (χ0n) is 11.9. The fourth-order valence-corrected chi connectivity index (χ4v) is 2.21. The van der Waals surface area contributed by atoms with Crippen LogP contribution in [0.2, 0.25) is 0 Å². The van der Waals surface area contributed by atoms with E-state index in [4.69, 9.17) is 9.47 Å². The van der Waals surface area contributed by atoms with Crippen molar-refractivity contribution < 1.29 is 19.4 Å². The molecule has 1 aromatic carbocycles. The zero-order chi connectivity index (χ0) is 14.6. The van der Waals surface area contributed by atoms with Crippen LogP contribution in [0.5, 0.6) is 5.75 Å². The van der Waals surface area contributed by atoms with Gasteiger partial charge < -0.3 is 19.9 Å². The van der Waals surface area contributed by atoms with E-state index in [0.29, 0.717) is 13.0 Å². The summed E-state index contributed by atoms with van der Waals surface area (Å²) in [6, 6.07) is 5.84. The number of aryl methyl sites for hydroxylation is 2. The molecule has 20 heavy (non-hydrogen) atoms. The van der Waals surface area contributed by atoms with Crippen LogP contribution in [0.25, 0.3) is 0 Å². The summed E-state index contributed by atoms with van der Waals surface area (Å²) in [6.45, 7) is 4.83. The lowest BCUT2D eigenvalue weighted by atomic mass is 10.0. The van der Waals surface area contributed by atoms with Crippen LogP contribution in [0, 0.1) is 13.8 Å². The third-order valence-corrected chi connectivity index (χ3v) is 3.45. The van der Waals surface area contributed by atoms with Gasteiger partial charge in [0.15, 0.2) is 6.61 Å². The molecule has 1 saturated heterocycles. The van der Waals surface area contributed by atoms with E-state index in [9.17, 15) is 9.90 Å². The summed E-state index contributed by atoms with van der Waals surface area (Å²) in [7, 11) is 0. The zero-order valence-corrected chi connectivity index (χ0v) is 11.9. The number of para-hydroxylation sites is 1. The van der Waals surface area contributed by atoms with Gasteiger partial charge in [0, 0.05) is 19.6 Å². The summed E-state index contributed by atoms with van der Waals surface area (Å²) in [5.74, 6) is 0.499. The lowest BCUT2D eigenvalue weighted by Gasteiger charge is -2.20. The van der Waals surface area contributed by atoms with Gasteiger partial charge in [-0.25, -0.2) is 0 Å². The summed E-state index contributed by atoms with van der Waals surface area (Å²) in [4.78, 5) is 11.7. The third-order valence-electron chi connectivity index (χ3n) is 3.45. The van der Waals surface area contributed by atoms with E-state index in [1.54, 1.807) is 0 Å². The number of benzene rings is 1. The highest BCUT2D eigenvalue weighted by molar-refractivity contribution is 5.77. The van der Waals surface area contributed by atoms with Gasteiger partial charge in [0.05, 0.1) is 6.61 Å². The average Bonchev–Trinajstić information content (AvgIpc) is 2.83. The van der Waals surface area contributed by atoms with Gasteiger partial charge in [0.1, 0.15) is 11.4 Å². The van der Waals surface area contributed by atoms with Gasteiger partial charge >= 0.3 is 0 Å². The number of hydrogen-bond donors (Lipinski definition) is 2. The number of nitrogens with one attached hydrogen (secondary N) is 1. The molecule has 2 N–H and O–H groups in total. The summed E-state index contributed by atoms with van der Waals surface area (Å²) < 4.78 is 10.7. The van der Waals surface area contributed by atoms with Crippen molar-refractivity contribution >= 4 is 5.91 Å². The van der Waals surface area contributed by atoms with Crippen molar-refractivity contribution in [2.45, 2.75) is 25.9 Å². The van der Waals surface area contributed by atoms with Gasteiger partial charge in [-0.1, -0.05) is 18.2 Å². The fraction of sp³-hybridized carbons (Fsp3) is 0.533. The van der Waals surface area contributed by atoms with Gasteiger partial charge in [-0.15, -0.1) is 0 Å². The number of carbonyl (C=O) groups excluding carboxylic acids is 1. The molecule has 0 saturated carbocycles. The molecule has 0 radical (unpaired) electrons. The molecule has 110 valence electrons. The van der Waals surface area contributed by atoms with E-state index in [2.05, 4.69) is 5.32 Å². The van der Waals surface area contributed by atoms with Crippen molar-refractivity contribution in [1.82, 2.24) is 5.32 Å². The highest BCUT2D eigenvalue weighted by atomic mass is 16.5. The molecule has 5 heteroatoms. The molecule has 1 heterocycles. The fourth-order valence-electron chi connectivity index (χ4n) is 2.21. The SMILES string of the molecule is Cc1cccc(C)c1OCC(=O)NCC1(O)CCOC1. The second-order valence-electron chi connectivity index (χ2n) is 5.31. The Bertz CT molecular complexity index is 461. The number of carbonyl (C=O) groups is 1. The van der Waals surface area contributed by atoms with E-state index in [1.807, 2.05) is 32.0 Å². The maximum absolute atomic E-state index is 11.7. The number of ether oxygens (including phenoxy) is 2. The van der Waals surface area contributed by atoms with Gasteiger partial charge in [-0.05, 0) is 25.0 Å². The number of rotatable bonds is 5. The molecule has 1 aliphatic rings. The van der Waals surface area contributed by atoms with Gasteiger partial charge in [-0.3, -0.25) is 4.79 Å². The predicted octanol–water partition coefficient (Wildman–Crippen LogP) is 0.950. The van der Waals surface area contributed by atoms with Gasteiger partial charge in [-0.2, -0.15) is 0 Å². The Labute approximate surface area is 118 Å². The Hall–Kier alpha value is -1.59. The molecule has 1 fully saturated rings. The maximum Gasteiger partial charge on any atom is 0.258 e. The molecular weight excluding hydrogens is 258 g/mol. The van der Waals surface area contributed by atoms with Crippen LogP contribution >= 0.6 is 0 Å². The molecule has 0 aromatic heterocycles. The lowest BCUT2D eigenvalue weighted by molar-refractivity contribution is -0.124. The minimum absolute atomic E-state index is 0.0529. The second kappa shape index (κ2) is 6.24. The van der Waals surface area contributed by atoms with Gasteiger partial charge in [0.25, 0.3) is 5.91 Å². The monoisotopic (exact) mass is 279 g/mol. The van der Waals surface area contributed by atoms with Crippen molar-refractivity contribution in [3.05, 3.63) is 29.3 Å². The Balaban J connectivity index is 1.80. The van der Waals surface area contributed by atoms with E-state index in [0.717, 1.165) is 16.9 Å². The predicted molar refractivity (Wildman–Crippen MR) is 74.8 cm³/mol. The van der Waals surface area contributed by atoms with Crippen LogP contribution in [0.4, 0.5) is 0 Å². The molecule has 0 spiro atoms. The van der Waals surface area contributed by atoms with Crippen LogP contribution in [0.3, 0.4) is 0 Å². The second-order valence-corrected chi connectivity index (χ2v) is 5.31. The highest BCUT2D eigenvalue weighted by Gasteiger charge is 2.32. The first kappa shape index (κ1) is 14.8. The van der Waals surface area contributed by atoms with Crippen molar-refractivity contribution in [3.63, 3.8) is 0 Å². The van der Waals surface area contributed by atoms with Crippen molar-refractivity contribution in [1.29, 1.82) is 0 Å². The number of hydrogen-bond acceptors (Lipinski definition) is 4. The molecular formula is C15H21NO4. The quantitative estimate of drug-likeness (QED) is 0.842. The molecule has 2 rings (SSSR count). The Morgan fingerprint density at radius 3 is 2.75 bits per heavy atom. The molecule has 5 nitrogen and oxygen atoms in total. The number of aliphatic hydroxyl groups is 1. The molecule has 1 unspecified atom stereocenters. The van der Waals surface area contributed by atoms with Crippen LogP contribution in [-0.4, -0.2) is 43.0 Å². The summed E-state index contributed by atoms with van der Waals surface area (Å²) in [5.41, 5.74) is 1.06. The standard InChI is InChI=1S/C15H21NO4/c1-11-4-3-5-12(2)14(11)20-8-13(17)16-9-15(18)6-7-19-10-15/h3-5,18H,6-10H2,1-2H3,(H,16,17). The van der Waals surface area contributed by atoms with Gasteiger partial charge in [0.2, 0.25) is 0 Å². The maximum atomic E-state index is 11.7. The average molecular weight is 279 g/mol. The highest BCUT2D eigenvalue weighted by Crippen LogP contribution is 2.22. The largest absolute Gasteiger partial charge is 0.483 e. The van der Waals surface area contributed by atoms with E-state index >= 15 is 0 Å². The molecule has 1 aliphatic heterocycles. The Morgan fingerprint density at radius 2 is 2.15 bits per heavy atom. The van der Waals surface area contributed by atoms with Crippen molar-refractivity contribution in [3.8, 4) is 5.75 Å². The molecule has 1 amide bonds. The first-order valence-electron chi connectivity index (χ1n) is 6.76. The van der Waals surface area contributed by atoms with Crippen LogP contribution < -0.4 is 10.1 Å². The van der Waals surface area contributed by atoms with Crippen LogP contribution in [0.15, 0.2) is 18.2 Å². The molecule has 0 bridgehead atoms. The first-order chi connectivity index (χ1) is 9.50. The van der Waals surface area contributed by atoms with Crippen molar-refractivity contribution in [2.75, 3.05) is 26.4 Å². The van der Waals surface area contributed by atoms with E-state index in [-0.39, 0.29) is 25.7 Å². The number of amides is 1. The minimum atomic E-state index is -0.936. The summed E-state index contributed by atoms with van der Waals surface area (Å²) in [6.07, 6.45) is 0.547. The lowest BCUT2D eigenvalue weighted by Crippen LogP contribution is -2.44. The topological polar surface area (TPSA) is 67.8 Å². The Morgan fingerprint density at radius 1 is 1.45 bits per heavy atom. The molecule has 1 aromatic rings. The van der Waals surface area contributed by atoms with Crippen molar-refractivity contribution in [2.24, 2.45) is 0 Å². The van der Waals surface area contributed by atoms with Crippen LogP contribution in [0.1, 0.15) is 17.5 Å². The smallest absolute Gasteiger partial charge is 0.258 e. The van der Waals surface area contributed by atoms with E-state index in [1.165, 1.54) is 0 Å². The third kappa shape index (κ3) is 3.71.